The summed E-state index contributed by atoms with van der Waals surface area (Å²) in [4.78, 5) is 18.6. The Labute approximate surface area is 166 Å². The predicted molar refractivity (Wildman–Crippen MR) is 109 cm³/mol. The minimum atomic E-state index is 0.0469. The molecule has 2 aromatic rings. The van der Waals surface area contributed by atoms with Crippen molar-refractivity contribution < 1.29 is 14.3 Å². The fraction of sp³-hybridized carbons (Fsp3) is 0.455. The quantitative estimate of drug-likeness (QED) is 0.675. The maximum Gasteiger partial charge on any atom is 0.234 e. The second-order valence-corrected chi connectivity index (χ2v) is 6.96. The number of benzene rings is 1. The van der Waals surface area contributed by atoms with Gasteiger partial charge in [-0.25, -0.2) is 0 Å². The molecule has 1 aromatic heterocycles. The number of hydrogen-bond acceptors (Lipinski definition) is 5. The van der Waals surface area contributed by atoms with Gasteiger partial charge in [0.05, 0.1) is 19.7 Å². The molecule has 1 amide bonds. The Hall–Kier alpha value is -2.60. The third kappa shape index (κ3) is 6.23. The van der Waals surface area contributed by atoms with E-state index in [4.69, 9.17) is 9.47 Å². The number of nitrogens with zero attached hydrogens (tertiary/aromatic N) is 2. The van der Waals surface area contributed by atoms with Gasteiger partial charge in [-0.15, -0.1) is 0 Å². The molecule has 0 spiro atoms. The molecule has 1 saturated heterocycles. The van der Waals surface area contributed by atoms with E-state index in [1.165, 1.54) is 5.56 Å². The van der Waals surface area contributed by atoms with Crippen LogP contribution < -0.4 is 14.8 Å². The summed E-state index contributed by atoms with van der Waals surface area (Å²) in [5.74, 6) is 2.13. The number of carbonyl (C=O) groups is 1. The fourth-order valence-electron chi connectivity index (χ4n) is 3.52. The highest BCUT2D eigenvalue weighted by Gasteiger charge is 2.22. The molecule has 2 heterocycles. The molecule has 28 heavy (non-hydrogen) atoms. The van der Waals surface area contributed by atoms with Gasteiger partial charge >= 0.3 is 0 Å². The number of hydrogen-bond donors (Lipinski definition) is 1. The van der Waals surface area contributed by atoms with Crippen LogP contribution in [0.2, 0.25) is 0 Å². The molecule has 1 atom stereocenters. The molecule has 150 valence electrons. The van der Waals surface area contributed by atoms with E-state index in [0.717, 1.165) is 37.4 Å². The summed E-state index contributed by atoms with van der Waals surface area (Å²) in [5.41, 5.74) is 1.31. The minimum Gasteiger partial charge on any atom is -0.494 e. The van der Waals surface area contributed by atoms with Crippen LogP contribution in [-0.4, -0.2) is 55.2 Å². The van der Waals surface area contributed by atoms with E-state index in [-0.39, 0.29) is 5.91 Å². The van der Waals surface area contributed by atoms with Crippen molar-refractivity contribution in [2.75, 3.05) is 39.4 Å². The molecular formula is C22H29N3O3. The standard InChI is InChI=1S/C22H29N3O3/c1-2-27-20-5-7-21(8-6-20)28-15-13-24-22(26)17-25-14-3-4-19(16-25)18-9-11-23-12-10-18/h5-12,19H,2-4,13-17H2,1H3,(H,24,26)/t19-/m1/s1. The Morgan fingerprint density at radius 3 is 2.57 bits per heavy atom. The molecule has 1 aromatic carbocycles. The van der Waals surface area contributed by atoms with Crippen LogP contribution in [0.4, 0.5) is 0 Å². The smallest absolute Gasteiger partial charge is 0.234 e. The predicted octanol–water partition coefficient (Wildman–Crippen LogP) is 2.85. The van der Waals surface area contributed by atoms with Crippen LogP contribution >= 0.6 is 0 Å². The van der Waals surface area contributed by atoms with Gasteiger partial charge in [-0.3, -0.25) is 14.7 Å². The Kier molecular flexibility index (Phi) is 7.67. The number of likely N-dealkylation sites (tertiary alicyclic amines) is 1. The summed E-state index contributed by atoms with van der Waals surface area (Å²) in [7, 11) is 0. The van der Waals surface area contributed by atoms with Gasteiger partial charge in [-0.05, 0) is 74.2 Å². The van der Waals surface area contributed by atoms with Gasteiger partial charge in [-0.1, -0.05) is 0 Å². The molecule has 6 heteroatoms. The topological polar surface area (TPSA) is 63.7 Å². The van der Waals surface area contributed by atoms with Crippen molar-refractivity contribution in [3.05, 3.63) is 54.4 Å². The lowest BCUT2D eigenvalue weighted by atomic mass is 9.91. The van der Waals surface area contributed by atoms with Crippen molar-refractivity contribution in [2.45, 2.75) is 25.7 Å². The Morgan fingerprint density at radius 1 is 1.14 bits per heavy atom. The highest BCUT2D eigenvalue weighted by atomic mass is 16.5. The van der Waals surface area contributed by atoms with Crippen LogP contribution in [0.1, 0.15) is 31.2 Å². The first-order valence-electron chi connectivity index (χ1n) is 9.99. The molecule has 0 saturated carbocycles. The molecule has 1 N–H and O–H groups in total. The van der Waals surface area contributed by atoms with Gasteiger partial charge in [-0.2, -0.15) is 0 Å². The average Bonchev–Trinajstić information content (AvgIpc) is 2.73. The zero-order chi connectivity index (χ0) is 19.6. The Bertz CT molecular complexity index is 722. The summed E-state index contributed by atoms with van der Waals surface area (Å²) < 4.78 is 11.1. The van der Waals surface area contributed by atoms with E-state index in [9.17, 15) is 4.79 Å². The van der Waals surface area contributed by atoms with Crippen LogP contribution in [0, 0.1) is 0 Å². The van der Waals surface area contributed by atoms with Crippen LogP contribution in [-0.2, 0) is 4.79 Å². The van der Waals surface area contributed by atoms with Crippen LogP contribution in [0.25, 0.3) is 0 Å². The number of ether oxygens (including phenoxy) is 2. The SMILES string of the molecule is CCOc1ccc(OCCNC(=O)CN2CCC[C@@H](c3ccncc3)C2)cc1. The minimum absolute atomic E-state index is 0.0469. The highest BCUT2D eigenvalue weighted by molar-refractivity contribution is 5.78. The molecule has 0 aliphatic carbocycles. The summed E-state index contributed by atoms with van der Waals surface area (Å²) in [5, 5.41) is 2.95. The van der Waals surface area contributed by atoms with Crippen molar-refractivity contribution in [1.29, 1.82) is 0 Å². The largest absolute Gasteiger partial charge is 0.494 e. The van der Waals surface area contributed by atoms with E-state index in [2.05, 4.69) is 27.3 Å². The zero-order valence-electron chi connectivity index (χ0n) is 16.5. The monoisotopic (exact) mass is 383 g/mol. The molecule has 3 rings (SSSR count). The van der Waals surface area contributed by atoms with E-state index in [0.29, 0.717) is 32.2 Å². The number of carbonyl (C=O) groups excluding carboxylic acids is 1. The van der Waals surface area contributed by atoms with E-state index >= 15 is 0 Å². The first-order valence-corrected chi connectivity index (χ1v) is 9.99. The van der Waals surface area contributed by atoms with Gasteiger partial charge in [0, 0.05) is 18.9 Å². The van der Waals surface area contributed by atoms with Crippen LogP contribution in [0.3, 0.4) is 0 Å². The third-order valence-electron chi connectivity index (χ3n) is 4.88. The summed E-state index contributed by atoms with van der Waals surface area (Å²) in [6.45, 7) is 5.86. The highest BCUT2D eigenvalue weighted by Crippen LogP contribution is 2.26. The number of nitrogens with one attached hydrogen (secondary N) is 1. The third-order valence-corrected chi connectivity index (χ3v) is 4.88. The maximum atomic E-state index is 12.2. The second kappa shape index (κ2) is 10.7. The van der Waals surface area contributed by atoms with Crippen molar-refractivity contribution in [2.24, 2.45) is 0 Å². The Morgan fingerprint density at radius 2 is 1.86 bits per heavy atom. The van der Waals surface area contributed by atoms with Crippen molar-refractivity contribution >= 4 is 5.91 Å². The molecular weight excluding hydrogens is 354 g/mol. The van der Waals surface area contributed by atoms with Gasteiger partial charge in [0.25, 0.3) is 0 Å². The molecule has 0 unspecified atom stereocenters. The number of pyridine rings is 1. The van der Waals surface area contributed by atoms with E-state index in [1.54, 1.807) is 0 Å². The summed E-state index contributed by atoms with van der Waals surface area (Å²) in [6.07, 6.45) is 5.95. The van der Waals surface area contributed by atoms with Crippen molar-refractivity contribution in [1.82, 2.24) is 15.2 Å². The van der Waals surface area contributed by atoms with Crippen molar-refractivity contribution in [3.8, 4) is 11.5 Å². The van der Waals surface area contributed by atoms with Crippen LogP contribution in [0.15, 0.2) is 48.8 Å². The maximum absolute atomic E-state index is 12.2. The van der Waals surface area contributed by atoms with Gasteiger partial charge in [0.2, 0.25) is 5.91 Å². The van der Waals surface area contributed by atoms with Crippen LogP contribution in [0.5, 0.6) is 11.5 Å². The normalized spacial score (nSPS) is 17.1. The number of piperidine rings is 1. The molecule has 1 fully saturated rings. The number of rotatable bonds is 9. The first-order chi connectivity index (χ1) is 13.7. The summed E-state index contributed by atoms with van der Waals surface area (Å²) >= 11 is 0. The average molecular weight is 383 g/mol. The number of amides is 1. The second-order valence-electron chi connectivity index (χ2n) is 6.96. The molecule has 1 aliphatic rings. The van der Waals surface area contributed by atoms with Gasteiger partial charge in [0.1, 0.15) is 18.1 Å². The molecule has 0 radical (unpaired) electrons. The van der Waals surface area contributed by atoms with E-state index in [1.807, 2.05) is 43.6 Å². The Balaban J connectivity index is 1.35. The molecule has 1 aliphatic heterocycles. The van der Waals surface area contributed by atoms with E-state index < -0.39 is 0 Å². The lowest BCUT2D eigenvalue weighted by Crippen LogP contribution is -2.42. The lowest BCUT2D eigenvalue weighted by molar-refractivity contribution is -0.122. The zero-order valence-corrected chi connectivity index (χ0v) is 16.5. The first kappa shape index (κ1) is 20.1. The fourth-order valence-corrected chi connectivity index (χ4v) is 3.52. The molecule has 6 nitrogen and oxygen atoms in total. The lowest BCUT2D eigenvalue weighted by Gasteiger charge is -2.32. The van der Waals surface area contributed by atoms with Crippen molar-refractivity contribution in [3.63, 3.8) is 0 Å². The molecule has 0 bridgehead atoms. The van der Waals surface area contributed by atoms with Gasteiger partial charge in [0.15, 0.2) is 0 Å². The summed E-state index contributed by atoms with van der Waals surface area (Å²) in [6, 6.07) is 11.7. The number of aromatic nitrogens is 1. The van der Waals surface area contributed by atoms with Gasteiger partial charge < -0.3 is 14.8 Å².